The average molecular weight is 1130 g/mol. The second-order valence-corrected chi connectivity index (χ2v) is 27.1. The third kappa shape index (κ3) is 57.9. The van der Waals surface area contributed by atoms with Crippen LogP contribution in [0.3, 0.4) is 0 Å². The summed E-state index contributed by atoms with van der Waals surface area (Å²) in [6.07, 6.45) is 101. The van der Waals surface area contributed by atoms with Crippen LogP contribution in [-0.2, 0) is 25.7 Å². The molecule has 0 saturated heterocycles. The molecule has 0 aliphatic carbocycles. The Morgan fingerprint density at radius 3 is 0.494 bits per heavy atom. The maximum absolute atomic E-state index is 5.34. The van der Waals surface area contributed by atoms with Gasteiger partial charge in [-0.3, -0.25) is 0 Å². The Labute approximate surface area is 513 Å². The number of aryl methyl sites for hydroxylation is 3. The molecule has 1 rings (SSSR count). The van der Waals surface area contributed by atoms with E-state index in [-0.39, 0.29) is 0 Å². The van der Waals surface area contributed by atoms with Crippen LogP contribution in [0.15, 0.2) is 0 Å². The van der Waals surface area contributed by atoms with Crippen LogP contribution in [0.4, 0.5) is 0 Å². The van der Waals surface area contributed by atoms with E-state index in [9.17, 15) is 0 Å². The SMILES string of the molecule is [CH2]CCc1nc(CCCCCCCCCCCCCCCCCCCCCCCC)c(CCCCCCCCCCCCCCCCCCCCCCCC)c(CCCCCCCCCCCCCCCCCCCCCCCC)n1. The second-order valence-electron chi connectivity index (χ2n) is 27.1. The second kappa shape index (κ2) is 68.2. The van der Waals surface area contributed by atoms with E-state index in [1.165, 1.54) is 442 Å². The maximum Gasteiger partial charge on any atom is 0.128 e. The Kier molecular flexibility index (Phi) is 65.7. The minimum Gasteiger partial charge on any atom is -0.238 e. The van der Waals surface area contributed by atoms with Gasteiger partial charge in [0.25, 0.3) is 0 Å². The van der Waals surface area contributed by atoms with E-state index in [4.69, 9.17) is 9.97 Å². The fourth-order valence-corrected chi connectivity index (χ4v) is 13.3. The molecule has 479 valence electrons. The van der Waals surface area contributed by atoms with Gasteiger partial charge in [-0.2, -0.15) is 0 Å². The Hall–Kier alpha value is -0.920. The highest BCUT2D eigenvalue weighted by Crippen LogP contribution is 2.24. The predicted molar refractivity (Wildman–Crippen MR) is 369 cm³/mol. The van der Waals surface area contributed by atoms with E-state index >= 15 is 0 Å². The van der Waals surface area contributed by atoms with Gasteiger partial charge in [0.05, 0.1) is 0 Å². The highest BCUT2D eigenvalue weighted by molar-refractivity contribution is 5.27. The quantitative estimate of drug-likeness (QED) is 0.0608. The van der Waals surface area contributed by atoms with Crippen LogP contribution < -0.4 is 0 Å². The standard InChI is InChI=1S/C79H153N2/c1-5-9-12-15-18-21-24-27-30-33-36-39-42-45-48-51-54-57-60-63-66-69-73-76-77(74-70-67-64-61-58-55-52-49-46-43-40-37-34-31-28-25-22-19-16-13-10-6-2)80-79(72-8-4)81-78(76)75-71-68-65-62-59-56-53-50-47-44-41-38-35-32-29-26-23-20-17-14-11-7-3/h4-75H2,1-3H3. The third-order valence-corrected chi connectivity index (χ3v) is 18.9. The summed E-state index contributed by atoms with van der Waals surface area (Å²) >= 11 is 0. The zero-order valence-electron chi connectivity index (χ0n) is 56.8. The molecule has 0 aliphatic rings. The van der Waals surface area contributed by atoms with Crippen LogP contribution in [0.2, 0.25) is 0 Å². The molecule has 0 amide bonds. The summed E-state index contributed by atoms with van der Waals surface area (Å²) in [5.74, 6) is 1.09. The molecule has 0 atom stereocenters. The summed E-state index contributed by atoms with van der Waals surface area (Å²) in [4.78, 5) is 10.7. The lowest BCUT2D eigenvalue weighted by Crippen LogP contribution is -2.11. The van der Waals surface area contributed by atoms with Gasteiger partial charge in [0.2, 0.25) is 0 Å². The number of rotatable bonds is 71. The fourth-order valence-electron chi connectivity index (χ4n) is 13.3. The zero-order valence-corrected chi connectivity index (χ0v) is 56.8. The molecule has 1 aromatic rings. The summed E-state index contributed by atoms with van der Waals surface area (Å²) < 4.78 is 0. The minimum atomic E-state index is 0.899. The van der Waals surface area contributed by atoms with Crippen molar-refractivity contribution >= 4 is 0 Å². The first-order chi connectivity index (χ1) is 40.3. The molecule has 1 aromatic heterocycles. The molecule has 0 unspecified atom stereocenters. The number of aromatic nitrogens is 2. The number of hydrogen-bond acceptors (Lipinski definition) is 2. The monoisotopic (exact) mass is 1130 g/mol. The lowest BCUT2D eigenvalue weighted by atomic mass is 9.96. The molecule has 0 spiro atoms. The van der Waals surface area contributed by atoms with E-state index < -0.39 is 0 Å². The topological polar surface area (TPSA) is 25.8 Å². The summed E-state index contributed by atoms with van der Waals surface area (Å²) in [7, 11) is 0. The van der Waals surface area contributed by atoms with Gasteiger partial charge in [-0.05, 0) is 50.5 Å². The molecule has 1 heterocycles. The van der Waals surface area contributed by atoms with Crippen molar-refractivity contribution in [3.05, 3.63) is 29.7 Å². The van der Waals surface area contributed by atoms with Gasteiger partial charge in [0.1, 0.15) is 5.82 Å². The van der Waals surface area contributed by atoms with Gasteiger partial charge in [0.15, 0.2) is 0 Å². The van der Waals surface area contributed by atoms with Crippen molar-refractivity contribution in [3.8, 4) is 0 Å². The molecule has 0 bridgehead atoms. The number of hydrogen-bond donors (Lipinski definition) is 0. The van der Waals surface area contributed by atoms with E-state index in [1.807, 2.05) is 0 Å². The molecular formula is C79H153N2. The Bertz CT molecular complexity index is 1230. The molecule has 81 heavy (non-hydrogen) atoms. The lowest BCUT2D eigenvalue weighted by Gasteiger charge is -2.16. The van der Waals surface area contributed by atoms with Gasteiger partial charge in [-0.1, -0.05) is 432 Å². The summed E-state index contributed by atoms with van der Waals surface area (Å²) in [6.45, 7) is 11.2. The molecule has 0 N–H and O–H groups in total. The van der Waals surface area contributed by atoms with Gasteiger partial charge in [-0.25, -0.2) is 9.97 Å². The normalized spacial score (nSPS) is 11.8. The van der Waals surface area contributed by atoms with Gasteiger partial charge in [-0.15, -0.1) is 0 Å². The van der Waals surface area contributed by atoms with Crippen molar-refractivity contribution in [2.24, 2.45) is 0 Å². The van der Waals surface area contributed by atoms with Crippen LogP contribution in [0.5, 0.6) is 0 Å². The summed E-state index contributed by atoms with van der Waals surface area (Å²) in [5, 5.41) is 0. The predicted octanol–water partition coefficient (Wildman–Crippen LogP) is 28.7. The van der Waals surface area contributed by atoms with E-state index in [0.717, 1.165) is 31.5 Å². The Balaban J connectivity index is 2.38. The van der Waals surface area contributed by atoms with Crippen molar-refractivity contribution in [3.63, 3.8) is 0 Å². The van der Waals surface area contributed by atoms with Crippen LogP contribution in [-0.4, -0.2) is 9.97 Å². The van der Waals surface area contributed by atoms with Crippen molar-refractivity contribution < 1.29 is 0 Å². The molecule has 0 saturated carbocycles. The van der Waals surface area contributed by atoms with Gasteiger partial charge >= 0.3 is 0 Å². The fraction of sp³-hybridized carbons (Fsp3) is 0.937. The number of nitrogens with zero attached hydrogens (tertiary/aromatic N) is 2. The first kappa shape index (κ1) is 78.1. The van der Waals surface area contributed by atoms with Crippen molar-refractivity contribution in [2.75, 3.05) is 0 Å². The lowest BCUT2D eigenvalue weighted by molar-refractivity contribution is 0.517. The average Bonchev–Trinajstić information content (AvgIpc) is 3.47. The van der Waals surface area contributed by atoms with E-state index in [2.05, 4.69) is 27.7 Å². The molecule has 0 aliphatic heterocycles. The van der Waals surface area contributed by atoms with Crippen molar-refractivity contribution in [2.45, 2.75) is 477 Å². The third-order valence-electron chi connectivity index (χ3n) is 18.9. The minimum absolute atomic E-state index is 0.899. The van der Waals surface area contributed by atoms with Gasteiger partial charge < -0.3 is 0 Å². The Morgan fingerprint density at radius 1 is 0.185 bits per heavy atom. The van der Waals surface area contributed by atoms with Crippen LogP contribution in [0.25, 0.3) is 0 Å². The first-order valence-electron chi connectivity index (χ1n) is 38.9. The summed E-state index contributed by atoms with van der Waals surface area (Å²) in [5.41, 5.74) is 4.43. The highest BCUT2D eigenvalue weighted by atomic mass is 14.9. The molecule has 0 aromatic carbocycles. The van der Waals surface area contributed by atoms with Crippen LogP contribution in [0.1, 0.15) is 474 Å². The number of unbranched alkanes of at least 4 members (excludes halogenated alkanes) is 63. The van der Waals surface area contributed by atoms with Gasteiger partial charge in [0, 0.05) is 17.8 Å². The highest BCUT2D eigenvalue weighted by Gasteiger charge is 2.15. The molecule has 0 fully saturated rings. The van der Waals surface area contributed by atoms with E-state index in [0.29, 0.717) is 0 Å². The summed E-state index contributed by atoms with van der Waals surface area (Å²) in [6, 6.07) is 0. The largest absolute Gasteiger partial charge is 0.238 e. The van der Waals surface area contributed by atoms with Crippen LogP contribution >= 0.6 is 0 Å². The van der Waals surface area contributed by atoms with Crippen LogP contribution in [0, 0.1) is 6.92 Å². The maximum atomic E-state index is 5.34. The van der Waals surface area contributed by atoms with E-state index in [1.54, 1.807) is 5.56 Å². The van der Waals surface area contributed by atoms with Crippen molar-refractivity contribution in [1.82, 2.24) is 9.97 Å². The molecular weight excluding hydrogens is 977 g/mol. The first-order valence-corrected chi connectivity index (χ1v) is 38.9. The Morgan fingerprint density at radius 2 is 0.333 bits per heavy atom. The molecule has 2 heteroatoms. The van der Waals surface area contributed by atoms with Crippen molar-refractivity contribution in [1.29, 1.82) is 0 Å². The molecule has 1 radical (unpaired) electrons. The molecule has 2 nitrogen and oxygen atoms in total. The zero-order chi connectivity index (χ0) is 57.9. The smallest absolute Gasteiger partial charge is 0.128 e.